The van der Waals surface area contributed by atoms with Crippen molar-refractivity contribution in [3.8, 4) is 0 Å². The van der Waals surface area contributed by atoms with Crippen LogP contribution in [0.5, 0.6) is 0 Å². The van der Waals surface area contributed by atoms with Crippen molar-refractivity contribution in [2.45, 2.75) is 25.8 Å². The fourth-order valence-corrected chi connectivity index (χ4v) is 2.37. The van der Waals surface area contributed by atoms with Crippen molar-refractivity contribution in [2.75, 3.05) is 6.54 Å². The number of thiazole rings is 1. The van der Waals surface area contributed by atoms with Crippen LogP contribution in [0.15, 0.2) is 36.1 Å². The minimum atomic E-state index is 0.289. The van der Waals surface area contributed by atoms with Gasteiger partial charge in [-0.1, -0.05) is 13.0 Å². The SMILES string of the molecule is CCCNC(Cc1cncs1)c1ccccn1. The van der Waals surface area contributed by atoms with Gasteiger partial charge in [0.05, 0.1) is 17.2 Å². The zero-order chi connectivity index (χ0) is 11.9. The molecule has 0 aliphatic rings. The van der Waals surface area contributed by atoms with Gasteiger partial charge in [-0.3, -0.25) is 9.97 Å². The Bertz CT molecular complexity index is 413. The van der Waals surface area contributed by atoms with E-state index in [-0.39, 0.29) is 6.04 Å². The first-order valence-corrected chi connectivity index (χ1v) is 6.79. The van der Waals surface area contributed by atoms with E-state index < -0.39 is 0 Å². The van der Waals surface area contributed by atoms with Gasteiger partial charge in [0.15, 0.2) is 0 Å². The lowest BCUT2D eigenvalue weighted by Crippen LogP contribution is -2.24. The summed E-state index contributed by atoms with van der Waals surface area (Å²) in [7, 11) is 0. The molecule has 0 amide bonds. The molecule has 2 rings (SSSR count). The van der Waals surface area contributed by atoms with E-state index in [0.717, 1.165) is 25.1 Å². The normalized spacial score (nSPS) is 12.5. The van der Waals surface area contributed by atoms with Crippen LogP contribution in [0.25, 0.3) is 0 Å². The summed E-state index contributed by atoms with van der Waals surface area (Å²) in [6, 6.07) is 6.36. The zero-order valence-electron chi connectivity index (χ0n) is 9.97. The number of hydrogen-bond acceptors (Lipinski definition) is 4. The Morgan fingerprint density at radius 2 is 2.35 bits per heavy atom. The van der Waals surface area contributed by atoms with Gasteiger partial charge < -0.3 is 5.32 Å². The van der Waals surface area contributed by atoms with Crippen molar-refractivity contribution in [3.63, 3.8) is 0 Å². The molecule has 2 aromatic rings. The summed E-state index contributed by atoms with van der Waals surface area (Å²) in [6.45, 7) is 3.19. The highest BCUT2D eigenvalue weighted by atomic mass is 32.1. The van der Waals surface area contributed by atoms with Crippen molar-refractivity contribution in [3.05, 3.63) is 46.7 Å². The highest BCUT2D eigenvalue weighted by Crippen LogP contribution is 2.18. The molecule has 2 aromatic heterocycles. The summed E-state index contributed by atoms with van der Waals surface area (Å²) in [5.41, 5.74) is 2.99. The van der Waals surface area contributed by atoms with E-state index >= 15 is 0 Å². The van der Waals surface area contributed by atoms with E-state index in [4.69, 9.17) is 0 Å². The van der Waals surface area contributed by atoms with E-state index in [0.29, 0.717) is 0 Å². The zero-order valence-corrected chi connectivity index (χ0v) is 10.8. The number of nitrogens with zero attached hydrogens (tertiary/aromatic N) is 2. The van der Waals surface area contributed by atoms with Gasteiger partial charge in [-0.15, -0.1) is 11.3 Å². The third-order valence-corrected chi connectivity index (χ3v) is 3.38. The topological polar surface area (TPSA) is 37.8 Å². The van der Waals surface area contributed by atoms with Crippen LogP contribution in [0, 0.1) is 0 Å². The molecule has 0 saturated heterocycles. The van der Waals surface area contributed by atoms with Gasteiger partial charge in [0.25, 0.3) is 0 Å². The first kappa shape index (κ1) is 12.2. The van der Waals surface area contributed by atoms with Crippen molar-refractivity contribution < 1.29 is 0 Å². The fourth-order valence-electron chi connectivity index (χ4n) is 1.73. The second-order valence-corrected chi connectivity index (χ2v) is 4.90. The molecule has 0 radical (unpaired) electrons. The molecule has 0 aliphatic carbocycles. The summed E-state index contributed by atoms with van der Waals surface area (Å²) < 4.78 is 0. The van der Waals surface area contributed by atoms with Crippen molar-refractivity contribution in [1.29, 1.82) is 0 Å². The quantitative estimate of drug-likeness (QED) is 0.853. The average Bonchev–Trinajstić information content (AvgIpc) is 2.88. The molecule has 4 heteroatoms. The first-order chi connectivity index (χ1) is 8.40. The summed E-state index contributed by atoms with van der Waals surface area (Å²) in [5.74, 6) is 0. The Kier molecular flexibility index (Phi) is 4.64. The maximum atomic E-state index is 4.43. The summed E-state index contributed by atoms with van der Waals surface area (Å²) in [5, 5.41) is 3.54. The van der Waals surface area contributed by atoms with Crippen LogP contribution in [0.3, 0.4) is 0 Å². The number of pyridine rings is 1. The molecule has 17 heavy (non-hydrogen) atoms. The molecule has 0 fully saturated rings. The summed E-state index contributed by atoms with van der Waals surface area (Å²) in [6.07, 6.45) is 5.88. The van der Waals surface area contributed by atoms with Crippen LogP contribution in [0.1, 0.15) is 30.0 Å². The standard InChI is InChI=1S/C13H17N3S/c1-2-6-15-13(8-11-9-14-10-17-11)12-5-3-4-7-16-12/h3-5,7,9-10,13,15H,2,6,8H2,1H3. The van der Waals surface area contributed by atoms with Gasteiger partial charge in [0.1, 0.15) is 0 Å². The van der Waals surface area contributed by atoms with E-state index in [2.05, 4.69) is 28.3 Å². The lowest BCUT2D eigenvalue weighted by atomic mass is 10.1. The van der Waals surface area contributed by atoms with Gasteiger partial charge in [-0.25, -0.2) is 0 Å². The first-order valence-electron chi connectivity index (χ1n) is 5.92. The van der Waals surface area contributed by atoms with E-state index in [1.54, 1.807) is 11.3 Å². The minimum absolute atomic E-state index is 0.289. The third-order valence-electron chi connectivity index (χ3n) is 2.57. The summed E-state index contributed by atoms with van der Waals surface area (Å²) >= 11 is 1.70. The molecule has 1 unspecified atom stereocenters. The molecule has 0 spiro atoms. The molecule has 0 aliphatic heterocycles. The van der Waals surface area contributed by atoms with Crippen LogP contribution >= 0.6 is 11.3 Å². The van der Waals surface area contributed by atoms with E-state index in [9.17, 15) is 0 Å². The Morgan fingerprint density at radius 1 is 1.41 bits per heavy atom. The van der Waals surface area contributed by atoms with Crippen LogP contribution in [-0.4, -0.2) is 16.5 Å². The monoisotopic (exact) mass is 247 g/mol. The number of rotatable bonds is 6. The van der Waals surface area contributed by atoms with Crippen LogP contribution in [0.4, 0.5) is 0 Å². The van der Waals surface area contributed by atoms with Crippen LogP contribution in [0.2, 0.25) is 0 Å². The molecule has 0 aromatic carbocycles. The third kappa shape index (κ3) is 3.61. The predicted octanol–water partition coefficient (Wildman–Crippen LogP) is 2.82. The molecule has 1 atom stereocenters. The maximum Gasteiger partial charge on any atom is 0.0794 e. The number of aromatic nitrogens is 2. The van der Waals surface area contributed by atoms with Gasteiger partial charge in [0.2, 0.25) is 0 Å². The van der Waals surface area contributed by atoms with E-state index in [1.165, 1.54) is 4.88 Å². The Balaban J connectivity index is 2.08. The molecule has 1 N–H and O–H groups in total. The van der Waals surface area contributed by atoms with Crippen LogP contribution in [-0.2, 0) is 6.42 Å². The number of nitrogens with one attached hydrogen (secondary N) is 1. The van der Waals surface area contributed by atoms with Crippen LogP contribution < -0.4 is 5.32 Å². The van der Waals surface area contributed by atoms with E-state index in [1.807, 2.05) is 30.0 Å². The lowest BCUT2D eigenvalue weighted by Gasteiger charge is -2.16. The molecule has 0 saturated carbocycles. The average molecular weight is 247 g/mol. The molecular formula is C13H17N3S. The molecule has 0 bridgehead atoms. The highest BCUT2D eigenvalue weighted by molar-refractivity contribution is 7.09. The Hall–Kier alpha value is -1.26. The van der Waals surface area contributed by atoms with Crippen molar-refractivity contribution in [2.24, 2.45) is 0 Å². The largest absolute Gasteiger partial charge is 0.308 e. The maximum absolute atomic E-state index is 4.43. The second kappa shape index (κ2) is 6.47. The molecule has 90 valence electrons. The highest BCUT2D eigenvalue weighted by Gasteiger charge is 2.13. The minimum Gasteiger partial charge on any atom is -0.308 e. The Labute approximate surface area is 106 Å². The summed E-state index contributed by atoms with van der Waals surface area (Å²) in [4.78, 5) is 9.85. The lowest BCUT2D eigenvalue weighted by molar-refractivity contribution is 0.520. The van der Waals surface area contributed by atoms with Crippen molar-refractivity contribution >= 4 is 11.3 Å². The smallest absolute Gasteiger partial charge is 0.0794 e. The number of hydrogen-bond donors (Lipinski definition) is 1. The predicted molar refractivity (Wildman–Crippen MR) is 71.1 cm³/mol. The molecule has 3 nitrogen and oxygen atoms in total. The second-order valence-electron chi connectivity index (χ2n) is 3.93. The fraction of sp³-hybridized carbons (Fsp3) is 0.385. The van der Waals surface area contributed by atoms with Gasteiger partial charge in [0, 0.05) is 23.7 Å². The Morgan fingerprint density at radius 3 is 3.00 bits per heavy atom. The van der Waals surface area contributed by atoms with Crippen molar-refractivity contribution in [1.82, 2.24) is 15.3 Å². The van der Waals surface area contributed by atoms with Gasteiger partial charge in [-0.2, -0.15) is 0 Å². The molecular weight excluding hydrogens is 230 g/mol. The van der Waals surface area contributed by atoms with Gasteiger partial charge >= 0.3 is 0 Å². The van der Waals surface area contributed by atoms with Gasteiger partial charge in [-0.05, 0) is 25.1 Å². The molecule has 2 heterocycles.